The molecule has 1 heterocycles. The number of aliphatic hydroxyl groups excluding tert-OH is 1. The number of benzene rings is 3. The number of phenols is 1. The Labute approximate surface area is 224 Å². The maximum atomic E-state index is 14.1. The van der Waals surface area contributed by atoms with Crippen LogP contribution < -0.4 is 14.4 Å². The SMILES string of the molecule is COc1c(Cl)cc(/C(O)=C2\C(=O)C(=O)N(c3ccc(F)c(F)c3)C2c2ccc(O)c(Cl)c2)c(OC)c1Cl. The molecule has 1 fully saturated rings. The summed E-state index contributed by atoms with van der Waals surface area (Å²) in [5.74, 6) is -5.81. The van der Waals surface area contributed by atoms with Gasteiger partial charge in [-0.15, -0.1) is 0 Å². The summed E-state index contributed by atoms with van der Waals surface area (Å²) in [4.78, 5) is 27.4. The smallest absolute Gasteiger partial charge is 0.300 e. The van der Waals surface area contributed by atoms with Crippen molar-refractivity contribution in [2.75, 3.05) is 19.1 Å². The highest BCUT2D eigenvalue weighted by Gasteiger charge is 2.47. The maximum absolute atomic E-state index is 14.1. The Kier molecular flexibility index (Phi) is 7.23. The number of ether oxygens (including phenoxy) is 2. The van der Waals surface area contributed by atoms with Gasteiger partial charge in [0.2, 0.25) is 0 Å². The fraction of sp³-hybridized carbons (Fsp3) is 0.120. The molecular formula is C25H16Cl3F2NO6. The highest BCUT2D eigenvalue weighted by Crippen LogP contribution is 2.48. The number of aliphatic hydroxyl groups is 1. The molecule has 0 saturated carbocycles. The molecule has 1 unspecified atom stereocenters. The molecule has 1 aliphatic heterocycles. The monoisotopic (exact) mass is 569 g/mol. The van der Waals surface area contributed by atoms with Gasteiger partial charge in [0, 0.05) is 11.8 Å². The van der Waals surface area contributed by atoms with Gasteiger partial charge in [-0.25, -0.2) is 8.78 Å². The lowest BCUT2D eigenvalue weighted by Gasteiger charge is -2.26. The fourth-order valence-electron chi connectivity index (χ4n) is 4.03. The van der Waals surface area contributed by atoms with E-state index in [1.54, 1.807) is 0 Å². The van der Waals surface area contributed by atoms with Gasteiger partial charge in [0.15, 0.2) is 23.1 Å². The lowest BCUT2D eigenvalue weighted by atomic mass is 9.94. The molecule has 0 spiro atoms. The average Bonchev–Trinajstić information content (AvgIpc) is 3.12. The number of Topliss-reactive ketones (excluding diaryl/α,β-unsaturated/α-hetero) is 1. The molecule has 0 aromatic heterocycles. The first-order valence-corrected chi connectivity index (χ1v) is 11.5. The van der Waals surface area contributed by atoms with Crippen LogP contribution in [0, 0.1) is 11.6 Å². The molecule has 4 rings (SSSR count). The number of methoxy groups -OCH3 is 2. The molecule has 37 heavy (non-hydrogen) atoms. The van der Waals surface area contributed by atoms with Crippen molar-refractivity contribution in [3.63, 3.8) is 0 Å². The van der Waals surface area contributed by atoms with Crippen molar-refractivity contribution in [1.82, 2.24) is 0 Å². The van der Waals surface area contributed by atoms with Crippen LogP contribution in [0.25, 0.3) is 5.76 Å². The van der Waals surface area contributed by atoms with E-state index in [2.05, 4.69) is 0 Å². The second-order valence-corrected chi connectivity index (χ2v) is 8.96. The molecule has 1 atom stereocenters. The van der Waals surface area contributed by atoms with Crippen molar-refractivity contribution in [3.05, 3.63) is 85.9 Å². The summed E-state index contributed by atoms with van der Waals surface area (Å²) in [6, 6.07) is 6.29. The molecular weight excluding hydrogens is 555 g/mol. The van der Waals surface area contributed by atoms with Gasteiger partial charge in [-0.05, 0) is 35.9 Å². The lowest BCUT2D eigenvalue weighted by molar-refractivity contribution is -0.132. The van der Waals surface area contributed by atoms with Crippen molar-refractivity contribution in [3.8, 4) is 17.2 Å². The highest BCUT2D eigenvalue weighted by atomic mass is 35.5. The number of hydrogen-bond donors (Lipinski definition) is 2. The maximum Gasteiger partial charge on any atom is 0.300 e. The minimum atomic E-state index is -1.38. The molecule has 1 aliphatic rings. The number of nitrogens with zero attached hydrogens (tertiary/aromatic N) is 1. The summed E-state index contributed by atoms with van der Waals surface area (Å²) in [7, 11) is 2.57. The van der Waals surface area contributed by atoms with E-state index in [9.17, 15) is 28.6 Å². The van der Waals surface area contributed by atoms with Crippen LogP contribution >= 0.6 is 34.8 Å². The molecule has 0 bridgehead atoms. The third kappa shape index (κ3) is 4.43. The number of carbonyl (C=O) groups excluding carboxylic acids is 2. The van der Waals surface area contributed by atoms with Gasteiger partial charge in [0.1, 0.15) is 16.5 Å². The van der Waals surface area contributed by atoms with E-state index < -0.39 is 40.7 Å². The van der Waals surface area contributed by atoms with E-state index in [4.69, 9.17) is 44.3 Å². The normalized spacial score (nSPS) is 16.8. The Morgan fingerprint density at radius 2 is 1.59 bits per heavy atom. The summed E-state index contributed by atoms with van der Waals surface area (Å²) < 4.78 is 38.2. The Morgan fingerprint density at radius 3 is 2.19 bits per heavy atom. The minimum absolute atomic E-state index is 0.0334. The predicted molar refractivity (Wildman–Crippen MR) is 134 cm³/mol. The molecule has 12 heteroatoms. The van der Waals surface area contributed by atoms with Gasteiger partial charge in [-0.2, -0.15) is 0 Å². The first-order chi connectivity index (χ1) is 17.5. The van der Waals surface area contributed by atoms with E-state index in [1.807, 2.05) is 0 Å². The van der Waals surface area contributed by atoms with Crippen LogP contribution in [0.2, 0.25) is 15.1 Å². The molecule has 0 radical (unpaired) electrons. The molecule has 1 amide bonds. The topological polar surface area (TPSA) is 96.3 Å². The van der Waals surface area contributed by atoms with Crippen LogP contribution in [0.3, 0.4) is 0 Å². The Balaban J connectivity index is 2.04. The van der Waals surface area contributed by atoms with E-state index in [0.717, 1.165) is 23.1 Å². The van der Waals surface area contributed by atoms with Crippen LogP contribution in [0.1, 0.15) is 17.2 Å². The quantitative estimate of drug-likeness (QED) is 0.213. The van der Waals surface area contributed by atoms with Crippen molar-refractivity contribution >= 4 is 57.9 Å². The Hall–Kier alpha value is -3.53. The molecule has 0 aliphatic carbocycles. The van der Waals surface area contributed by atoms with Gasteiger partial charge in [-0.3, -0.25) is 14.5 Å². The van der Waals surface area contributed by atoms with E-state index in [-0.39, 0.29) is 49.1 Å². The first kappa shape index (κ1) is 26.5. The minimum Gasteiger partial charge on any atom is -0.507 e. The molecule has 192 valence electrons. The summed E-state index contributed by atoms with van der Waals surface area (Å²) in [6.45, 7) is 0. The van der Waals surface area contributed by atoms with Crippen molar-refractivity contribution < 1.29 is 38.1 Å². The molecule has 3 aromatic carbocycles. The van der Waals surface area contributed by atoms with E-state index in [0.29, 0.717) is 0 Å². The fourth-order valence-corrected chi connectivity index (χ4v) is 4.91. The number of hydrogen-bond acceptors (Lipinski definition) is 6. The largest absolute Gasteiger partial charge is 0.507 e. The van der Waals surface area contributed by atoms with Crippen molar-refractivity contribution in [2.24, 2.45) is 0 Å². The molecule has 3 aromatic rings. The number of halogens is 5. The van der Waals surface area contributed by atoms with Gasteiger partial charge in [-0.1, -0.05) is 40.9 Å². The van der Waals surface area contributed by atoms with Gasteiger partial charge < -0.3 is 19.7 Å². The van der Waals surface area contributed by atoms with Crippen LogP contribution in [0.5, 0.6) is 17.2 Å². The second kappa shape index (κ2) is 10.1. The highest BCUT2D eigenvalue weighted by molar-refractivity contribution is 6.52. The van der Waals surface area contributed by atoms with Crippen LogP contribution in [0.4, 0.5) is 14.5 Å². The zero-order chi connectivity index (χ0) is 27.2. The Morgan fingerprint density at radius 1 is 0.919 bits per heavy atom. The predicted octanol–water partition coefficient (Wildman–Crippen LogP) is 6.27. The van der Waals surface area contributed by atoms with Crippen LogP contribution in [-0.4, -0.2) is 36.1 Å². The standard InChI is InChI=1S/C25H16Cl3F2NO6/c1-36-23-12(9-14(27)24(37-2)19(23)28)21(33)18-20(10-3-6-17(32)13(26)7-10)31(25(35)22(18)34)11-4-5-15(29)16(30)8-11/h3-9,20,32-33H,1-2H3/b21-18+. The number of aromatic hydroxyl groups is 1. The number of phenolic OH excluding ortho intramolecular Hbond substituents is 1. The van der Waals surface area contributed by atoms with Crippen molar-refractivity contribution in [2.45, 2.75) is 6.04 Å². The van der Waals surface area contributed by atoms with Crippen LogP contribution in [0.15, 0.2) is 48.0 Å². The third-order valence-electron chi connectivity index (χ3n) is 5.71. The van der Waals surface area contributed by atoms with Crippen LogP contribution in [-0.2, 0) is 9.59 Å². The summed E-state index contributed by atoms with van der Waals surface area (Å²) in [5.41, 5.74) is -0.603. The number of rotatable bonds is 5. The number of ketones is 1. The van der Waals surface area contributed by atoms with Crippen molar-refractivity contribution in [1.29, 1.82) is 0 Å². The number of anilines is 1. The number of carbonyl (C=O) groups is 2. The Bertz CT molecular complexity index is 1490. The van der Waals surface area contributed by atoms with E-state index >= 15 is 0 Å². The first-order valence-electron chi connectivity index (χ1n) is 10.4. The molecule has 7 nitrogen and oxygen atoms in total. The number of amides is 1. The second-order valence-electron chi connectivity index (χ2n) is 7.76. The van der Waals surface area contributed by atoms with Gasteiger partial charge in [0.05, 0.1) is 41.4 Å². The summed E-state index contributed by atoms with van der Waals surface area (Å²) in [6.07, 6.45) is 0. The zero-order valence-electron chi connectivity index (χ0n) is 19.0. The molecule has 1 saturated heterocycles. The average molecular weight is 571 g/mol. The summed E-state index contributed by atoms with van der Waals surface area (Å²) >= 11 is 18.7. The third-order valence-corrected chi connectivity index (χ3v) is 6.63. The van der Waals surface area contributed by atoms with E-state index in [1.165, 1.54) is 38.5 Å². The van der Waals surface area contributed by atoms with Gasteiger partial charge in [0.25, 0.3) is 11.7 Å². The lowest BCUT2D eigenvalue weighted by Crippen LogP contribution is -2.29. The molecule has 2 N–H and O–H groups in total. The van der Waals surface area contributed by atoms with Gasteiger partial charge >= 0.3 is 0 Å². The zero-order valence-corrected chi connectivity index (χ0v) is 21.3. The summed E-state index contributed by atoms with van der Waals surface area (Å²) in [5, 5.41) is 21.0.